The highest BCUT2D eigenvalue weighted by molar-refractivity contribution is 6.33. The van der Waals surface area contributed by atoms with Crippen LogP contribution in [0.4, 0.5) is 5.82 Å². The van der Waals surface area contributed by atoms with Crippen LogP contribution < -0.4 is 10.2 Å². The number of piperazine rings is 1. The van der Waals surface area contributed by atoms with Gasteiger partial charge in [-0.15, -0.1) is 0 Å². The first-order chi connectivity index (χ1) is 13.0. The summed E-state index contributed by atoms with van der Waals surface area (Å²) in [6.07, 6.45) is 0. The summed E-state index contributed by atoms with van der Waals surface area (Å²) in [6.45, 7) is 4.11. The summed E-state index contributed by atoms with van der Waals surface area (Å²) in [4.78, 5) is 33.1. The first-order valence-electron chi connectivity index (χ1n) is 8.67. The Morgan fingerprint density at radius 2 is 1.74 bits per heavy atom. The van der Waals surface area contributed by atoms with Gasteiger partial charge in [-0.1, -0.05) is 41.4 Å². The van der Waals surface area contributed by atoms with E-state index in [4.69, 9.17) is 23.2 Å². The Morgan fingerprint density at radius 1 is 1.04 bits per heavy atom. The number of aromatic nitrogens is 1. The highest BCUT2D eigenvalue weighted by atomic mass is 35.5. The molecule has 0 radical (unpaired) electrons. The Hall–Kier alpha value is -2.31. The van der Waals surface area contributed by atoms with Crippen molar-refractivity contribution in [3.8, 4) is 0 Å². The molecule has 0 bridgehead atoms. The molecule has 8 heteroatoms. The van der Waals surface area contributed by atoms with Crippen LogP contribution in [0, 0.1) is 0 Å². The van der Waals surface area contributed by atoms with Gasteiger partial charge in [-0.05, 0) is 31.2 Å². The summed E-state index contributed by atoms with van der Waals surface area (Å²) in [7, 11) is 0. The highest BCUT2D eigenvalue weighted by Gasteiger charge is 2.27. The van der Waals surface area contributed by atoms with E-state index < -0.39 is 6.04 Å². The van der Waals surface area contributed by atoms with Crippen LogP contribution in [0.15, 0.2) is 42.5 Å². The van der Waals surface area contributed by atoms with Crippen LogP contribution in [-0.4, -0.2) is 53.9 Å². The minimum absolute atomic E-state index is 0.117. The summed E-state index contributed by atoms with van der Waals surface area (Å²) in [5.74, 6) is 0.326. The highest BCUT2D eigenvalue weighted by Crippen LogP contribution is 2.17. The van der Waals surface area contributed by atoms with Gasteiger partial charge in [0.1, 0.15) is 17.0 Å². The van der Waals surface area contributed by atoms with Crippen LogP contribution in [0.3, 0.4) is 0 Å². The molecular formula is C19H20Cl2N4O2. The van der Waals surface area contributed by atoms with Gasteiger partial charge in [-0.2, -0.15) is 0 Å². The summed E-state index contributed by atoms with van der Waals surface area (Å²) in [6, 6.07) is 11.6. The van der Waals surface area contributed by atoms with Crippen molar-refractivity contribution in [3.63, 3.8) is 0 Å². The molecule has 0 saturated carbocycles. The quantitative estimate of drug-likeness (QED) is 0.792. The molecule has 1 aromatic heterocycles. The Kier molecular flexibility index (Phi) is 6.19. The van der Waals surface area contributed by atoms with E-state index in [-0.39, 0.29) is 11.8 Å². The Balaban J connectivity index is 1.55. The third kappa shape index (κ3) is 4.70. The van der Waals surface area contributed by atoms with Gasteiger partial charge in [0.05, 0.1) is 10.6 Å². The molecule has 1 saturated heterocycles. The minimum Gasteiger partial charge on any atom is -0.353 e. The third-order valence-corrected chi connectivity index (χ3v) is 4.99. The van der Waals surface area contributed by atoms with E-state index in [1.807, 2.05) is 12.1 Å². The van der Waals surface area contributed by atoms with E-state index in [9.17, 15) is 9.59 Å². The lowest BCUT2D eigenvalue weighted by atomic mass is 10.2. The SMILES string of the molecule is C[C@@H](NC(=O)c1ccccc1Cl)C(=O)N1CCN(c2cccc(Cl)n2)CC1. The maximum absolute atomic E-state index is 12.7. The number of pyridine rings is 1. The zero-order chi connectivity index (χ0) is 19.4. The van der Waals surface area contributed by atoms with Crippen molar-refractivity contribution >= 4 is 40.8 Å². The van der Waals surface area contributed by atoms with Crippen molar-refractivity contribution in [2.45, 2.75) is 13.0 Å². The summed E-state index contributed by atoms with van der Waals surface area (Å²) in [5, 5.41) is 3.53. The number of hydrogen-bond acceptors (Lipinski definition) is 4. The molecule has 3 rings (SSSR count). The Morgan fingerprint density at radius 3 is 2.41 bits per heavy atom. The second kappa shape index (κ2) is 8.59. The molecule has 2 heterocycles. The van der Waals surface area contributed by atoms with Crippen molar-refractivity contribution in [2.75, 3.05) is 31.1 Å². The van der Waals surface area contributed by atoms with Crippen LogP contribution in [0.1, 0.15) is 17.3 Å². The molecule has 6 nitrogen and oxygen atoms in total. The second-order valence-corrected chi connectivity index (χ2v) is 7.10. The molecule has 1 aromatic carbocycles. The van der Waals surface area contributed by atoms with Crippen molar-refractivity contribution in [2.24, 2.45) is 0 Å². The molecule has 1 aliphatic rings. The maximum atomic E-state index is 12.7. The lowest BCUT2D eigenvalue weighted by molar-refractivity contribution is -0.133. The number of benzene rings is 1. The number of amides is 2. The molecule has 2 amide bonds. The predicted molar refractivity (Wildman–Crippen MR) is 106 cm³/mol. The summed E-state index contributed by atoms with van der Waals surface area (Å²) in [5.41, 5.74) is 0.357. The third-order valence-electron chi connectivity index (χ3n) is 4.45. The van der Waals surface area contributed by atoms with E-state index in [0.29, 0.717) is 41.9 Å². The standard InChI is InChI=1S/C19H20Cl2N4O2/c1-13(22-18(26)14-5-2-3-6-15(14)20)19(27)25-11-9-24(10-12-25)17-8-4-7-16(21)23-17/h2-8,13H,9-12H2,1H3,(H,22,26)/t13-/m1/s1. The first kappa shape index (κ1) is 19.5. The van der Waals surface area contributed by atoms with E-state index in [0.717, 1.165) is 5.82 Å². The first-order valence-corrected chi connectivity index (χ1v) is 9.43. The number of nitrogens with one attached hydrogen (secondary N) is 1. The number of anilines is 1. The molecule has 1 atom stereocenters. The molecule has 1 N–H and O–H groups in total. The van der Waals surface area contributed by atoms with Crippen LogP contribution in [0.5, 0.6) is 0 Å². The zero-order valence-corrected chi connectivity index (χ0v) is 16.4. The van der Waals surface area contributed by atoms with Crippen molar-refractivity contribution in [1.82, 2.24) is 15.2 Å². The fourth-order valence-corrected chi connectivity index (χ4v) is 3.37. The molecule has 1 aliphatic heterocycles. The largest absolute Gasteiger partial charge is 0.353 e. The van der Waals surface area contributed by atoms with Gasteiger partial charge in [-0.25, -0.2) is 4.98 Å². The predicted octanol–water partition coefficient (Wildman–Crippen LogP) is 2.86. The number of rotatable bonds is 4. The zero-order valence-electron chi connectivity index (χ0n) is 14.9. The molecule has 27 heavy (non-hydrogen) atoms. The molecule has 142 valence electrons. The molecule has 0 aliphatic carbocycles. The smallest absolute Gasteiger partial charge is 0.253 e. The average molecular weight is 407 g/mol. The van der Waals surface area contributed by atoms with Crippen molar-refractivity contribution < 1.29 is 9.59 Å². The fraction of sp³-hybridized carbons (Fsp3) is 0.316. The van der Waals surface area contributed by atoms with Gasteiger partial charge >= 0.3 is 0 Å². The van der Waals surface area contributed by atoms with Crippen LogP contribution >= 0.6 is 23.2 Å². The van der Waals surface area contributed by atoms with E-state index in [1.165, 1.54) is 0 Å². The molecule has 0 spiro atoms. The van der Waals surface area contributed by atoms with Crippen LogP contribution in [0.2, 0.25) is 10.2 Å². The number of halogens is 2. The van der Waals surface area contributed by atoms with E-state index in [1.54, 1.807) is 42.2 Å². The lowest BCUT2D eigenvalue weighted by Gasteiger charge is -2.36. The van der Waals surface area contributed by atoms with E-state index >= 15 is 0 Å². The lowest BCUT2D eigenvalue weighted by Crippen LogP contribution is -2.54. The van der Waals surface area contributed by atoms with Crippen molar-refractivity contribution in [3.05, 3.63) is 58.2 Å². The number of carbonyl (C=O) groups excluding carboxylic acids is 2. The Bertz CT molecular complexity index is 838. The normalized spacial score (nSPS) is 15.4. The Labute approximate surface area is 168 Å². The monoisotopic (exact) mass is 406 g/mol. The van der Waals surface area contributed by atoms with Gasteiger partial charge in [0, 0.05) is 26.2 Å². The van der Waals surface area contributed by atoms with Crippen LogP contribution in [-0.2, 0) is 4.79 Å². The molecular weight excluding hydrogens is 387 g/mol. The van der Waals surface area contributed by atoms with Crippen LogP contribution in [0.25, 0.3) is 0 Å². The topological polar surface area (TPSA) is 65.5 Å². The van der Waals surface area contributed by atoms with Gasteiger partial charge in [0.2, 0.25) is 5.91 Å². The average Bonchev–Trinajstić information content (AvgIpc) is 2.67. The summed E-state index contributed by atoms with van der Waals surface area (Å²) >= 11 is 12.0. The van der Waals surface area contributed by atoms with Gasteiger partial charge in [0.15, 0.2) is 0 Å². The summed E-state index contributed by atoms with van der Waals surface area (Å²) < 4.78 is 0. The molecule has 1 fully saturated rings. The number of carbonyl (C=O) groups is 2. The van der Waals surface area contributed by atoms with E-state index in [2.05, 4.69) is 15.2 Å². The molecule has 2 aromatic rings. The fourth-order valence-electron chi connectivity index (χ4n) is 2.98. The van der Waals surface area contributed by atoms with Gasteiger partial charge in [0.25, 0.3) is 5.91 Å². The number of hydrogen-bond donors (Lipinski definition) is 1. The maximum Gasteiger partial charge on any atom is 0.253 e. The number of nitrogens with zero attached hydrogens (tertiary/aromatic N) is 3. The van der Waals surface area contributed by atoms with Crippen molar-refractivity contribution in [1.29, 1.82) is 0 Å². The van der Waals surface area contributed by atoms with Gasteiger partial charge in [-0.3, -0.25) is 9.59 Å². The minimum atomic E-state index is -0.635. The second-order valence-electron chi connectivity index (χ2n) is 6.31. The van der Waals surface area contributed by atoms with Gasteiger partial charge < -0.3 is 15.1 Å². The molecule has 0 unspecified atom stereocenters.